The second kappa shape index (κ2) is 16.1. The molecule has 42 heavy (non-hydrogen) atoms. The SMILES string of the molecule is CCCOC(OCCC)C(C)NP(=O)(OCC1OC(n2cc(F)c(=O)[nH]c2=O)CC1OC(=O)CC)Oc1ccccc1. The third kappa shape index (κ3) is 9.58. The highest BCUT2D eigenvalue weighted by Crippen LogP contribution is 2.46. The number of halogens is 1. The van der Waals surface area contributed by atoms with Crippen molar-refractivity contribution in [3.8, 4) is 5.75 Å². The van der Waals surface area contributed by atoms with Crippen LogP contribution in [0, 0.1) is 5.82 Å². The van der Waals surface area contributed by atoms with E-state index >= 15 is 0 Å². The van der Waals surface area contributed by atoms with Crippen LogP contribution in [-0.4, -0.2) is 59.9 Å². The first-order chi connectivity index (χ1) is 20.1. The molecular weight excluding hydrogens is 576 g/mol. The van der Waals surface area contributed by atoms with Gasteiger partial charge in [-0.05, 0) is 31.9 Å². The number of esters is 1. The Hall–Kier alpha value is -2.87. The summed E-state index contributed by atoms with van der Waals surface area (Å²) in [6.45, 7) is 7.65. The molecule has 5 atom stereocenters. The number of benzene rings is 1. The van der Waals surface area contributed by atoms with Crippen LogP contribution in [0.3, 0.4) is 0 Å². The van der Waals surface area contributed by atoms with Crippen molar-refractivity contribution in [1.82, 2.24) is 14.6 Å². The Labute approximate surface area is 243 Å². The normalized spacial score (nSPS) is 20.8. The highest BCUT2D eigenvalue weighted by molar-refractivity contribution is 7.52. The quantitative estimate of drug-likeness (QED) is 0.152. The molecule has 1 saturated heterocycles. The maximum absolute atomic E-state index is 14.1. The van der Waals surface area contributed by atoms with E-state index in [1.54, 1.807) is 44.2 Å². The lowest BCUT2D eigenvalue weighted by atomic mass is 10.2. The molecule has 1 fully saturated rings. The number of H-pyrrole nitrogens is 1. The van der Waals surface area contributed by atoms with Crippen molar-refractivity contribution >= 4 is 13.7 Å². The molecule has 1 aliphatic heterocycles. The average molecular weight is 616 g/mol. The summed E-state index contributed by atoms with van der Waals surface area (Å²) in [4.78, 5) is 37.9. The summed E-state index contributed by atoms with van der Waals surface area (Å²) in [6.07, 6.45) is -1.63. The molecular formula is C27H39FN3O10P. The van der Waals surface area contributed by atoms with Gasteiger partial charge in [-0.3, -0.25) is 23.7 Å². The molecule has 1 aromatic carbocycles. The van der Waals surface area contributed by atoms with Crippen LogP contribution in [0.25, 0.3) is 0 Å². The molecule has 5 unspecified atom stereocenters. The van der Waals surface area contributed by atoms with Crippen molar-refractivity contribution in [2.75, 3.05) is 19.8 Å². The Kier molecular flexibility index (Phi) is 12.9. The Morgan fingerprint density at radius 1 is 1.17 bits per heavy atom. The van der Waals surface area contributed by atoms with Crippen LogP contribution in [0.1, 0.15) is 59.6 Å². The monoisotopic (exact) mass is 615 g/mol. The van der Waals surface area contributed by atoms with Gasteiger partial charge in [0.25, 0.3) is 5.56 Å². The lowest BCUT2D eigenvalue weighted by Gasteiger charge is -2.29. The summed E-state index contributed by atoms with van der Waals surface area (Å²) in [5.74, 6) is -1.48. The maximum atomic E-state index is 14.1. The summed E-state index contributed by atoms with van der Waals surface area (Å²) >= 11 is 0. The zero-order chi connectivity index (χ0) is 30.7. The van der Waals surface area contributed by atoms with Gasteiger partial charge in [0.1, 0.15) is 24.2 Å². The number of nitrogens with zero attached hydrogens (tertiary/aromatic N) is 1. The first-order valence-corrected chi connectivity index (χ1v) is 15.5. The number of rotatable bonds is 17. The molecule has 2 heterocycles. The van der Waals surface area contributed by atoms with E-state index in [4.69, 9.17) is 28.0 Å². The smallest absolute Gasteiger partial charge is 0.459 e. The number of carbonyl (C=O) groups excluding carboxylic acids is 1. The molecule has 0 aliphatic carbocycles. The molecule has 15 heteroatoms. The minimum Gasteiger partial charge on any atom is -0.459 e. The fourth-order valence-electron chi connectivity index (χ4n) is 4.07. The first kappa shape index (κ1) is 33.6. The van der Waals surface area contributed by atoms with Gasteiger partial charge in [0.15, 0.2) is 6.29 Å². The largest absolute Gasteiger partial charge is 0.459 e. The first-order valence-electron chi connectivity index (χ1n) is 13.9. The summed E-state index contributed by atoms with van der Waals surface area (Å²) in [7, 11) is -4.16. The number of hydrogen-bond acceptors (Lipinski definition) is 10. The average Bonchev–Trinajstić information content (AvgIpc) is 3.36. The van der Waals surface area contributed by atoms with Crippen LogP contribution in [-0.2, 0) is 32.8 Å². The molecule has 3 rings (SSSR count). The van der Waals surface area contributed by atoms with Crippen molar-refractivity contribution in [3.63, 3.8) is 0 Å². The molecule has 1 aromatic heterocycles. The van der Waals surface area contributed by atoms with Gasteiger partial charge in [0.05, 0.1) is 18.8 Å². The van der Waals surface area contributed by atoms with Gasteiger partial charge < -0.3 is 23.5 Å². The molecule has 0 radical (unpaired) electrons. The van der Waals surface area contributed by atoms with Crippen LogP contribution in [0.2, 0.25) is 0 Å². The number of carbonyl (C=O) groups is 1. The van der Waals surface area contributed by atoms with Gasteiger partial charge in [-0.15, -0.1) is 0 Å². The Morgan fingerprint density at radius 3 is 2.45 bits per heavy atom. The molecule has 0 spiro atoms. The van der Waals surface area contributed by atoms with E-state index in [1.165, 1.54) is 0 Å². The number of ether oxygens (including phenoxy) is 4. The Balaban J connectivity index is 1.84. The predicted octanol–water partition coefficient (Wildman–Crippen LogP) is 3.65. The van der Waals surface area contributed by atoms with Crippen LogP contribution in [0.15, 0.2) is 46.1 Å². The molecule has 2 N–H and O–H groups in total. The van der Waals surface area contributed by atoms with Crippen LogP contribution in [0.5, 0.6) is 5.75 Å². The van der Waals surface area contributed by atoms with Gasteiger partial charge in [0, 0.05) is 26.1 Å². The fourth-order valence-corrected chi connectivity index (χ4v) is 5.61. The zero-order valence-corrected chi connectivity index (χ0v) is 25.0. The second-order valence-electron chi connectivity index (χ2n) is 9.62. The fraction of sp³-hybridized carbons (Fsp3) is 0.593. The van der Waals surface area contributed by atoms with E-state index < -0.39 is 68.2 Å². The van der Waals surface area contributed by atoms with Crippen LogP contribution >= 0.6 is 7.75 Å². The topological polar surface area (TPSA) is 156 Å². The molecule has 234 valence electrons. The van der Waals surface area contributed by atoms with Crippen molar-refractivity contribution in [1.29, 1.82) is 0 Å². The summed E-state index contributed by atoms with van der Waals surface area (Å²) in [5, 5.41) is 2.87. The molecule has 0 bridgehead atoms. The number of para-hydroxylation sites is 1. The zero-order valence-electron chi connectivity index (χ0n) is 24.2. The predicted molar refractivity (Wildman–Crippen MR) is 149 cm³/mol. The molecule has 2 aromatic rings. The van der Waals surface area contributed by atoms with Crippen LogP contribution < -0.4 is 20.9 Å². The van der Waals surface area contributed by atoms with Crippen LogP contribution in [0.4, 0.5) is 4.39 Å². The minimum absolute atomic E-state index is 0.0589. The minimum atomic E-state index is -4.16. The van der Waals surface area contributed by atoms with E-state index in [-0.39, 0.29) is 18.6 Å². The van der Waals surface area contributed by atoms with Gasteiger partial charge in [-0.25, -0.2) is 14.4 Å². The van der Waals surface area contributed by atoms with E-state index in [0.717, 1.165) is 17.4 Å². The molecule has 0 amide bonds. The maximum Gasteiger partial charge on any atom is 0.459 e. The highest BCUT2D eigenvalue weighted by Gasteiger charge is 2.42. The van der Waals surface area contributed by atoms with Crippen molar-refractivity contribution in [2.45, 2.75) is 84.1 Å². The van der Waals surface area contributed by atoms with Gasteiger partial charge in [-0.2, -0.15) is 4.39 Å². The summed E-state index contributed by atoms with van der Waals surface area (Å²) < 4.78 is 63.6. The van der Waals surface area contributed by atoms with Crippen molar-refractivity contribution in [2.24, 2.45) is 0 Å². The highest BCUT2D eigenvalue weighted by atomic mass is 31.2. The van der Waals surface area contributed by atoms with E-state index in [0.29, 0.717) is 19.4 Å². The number of nitrogens with one attached hydrogen (secondary N) is 2. The number of aromatic nitrogens is 2. The Morgan fingerprint density at radius 2 is 1.83 bits per heavy atom. The van der Waals surface area contributed by atoms with Gasteiger partial charge >= 0.3 is 19.4 Å². The second-order valence-corrected chi connectivity index (χ2v) is 11.3. The Bertz CT molecular complexity index is 1300. The third-order valence-corrected chi connectivity index (χ3v) is 7.77. The lowest BCUT2D eigenvalue weighted by molar-refractivity contribution is -0.155. The van der Waals surface area contributed by atoms with E-state index in [9.17, 15) is 23.3 Å². The lowest BCUT2D eigenvalue weighted by Crippen LogP contribution is -2.41. The molecule has 1 aliphatic rings. The third-order valence-electron chi connectivity index (χ3n) is 6.11. The standard InChI is InChI=1S/C27H39FN3O10P/c1-5-13-36-26(37-14-6-2)18(4)30-42(35,41-19-11-9-8-10-12-19)38-17-22-21(40-24(32)7-3)15-23(39-22)31-16-20(28)25(33)29-27(31)34/h8-12,16,18,21-23,26H,5-7,13-15,17H2,1-4H3,(H,30,35)(H,29,33,34). The number of aromatic amines is 1. The van der Waals surface area contributed by atoms with Crippen molar-refractivity contribution in [3.05, 3.63) is 63.2 Å². The van der Waals surface area contributed by atoms with Gasteiger partial charge in [0.2, 0.25) is 5.82 Å². The molecule has 0 saturated carbocycles. The van der Waals surface area contributed by atoms with Gasteiger partial charge in [-0.1, -0.05) is 39.0 Å². The molecule has 13 nitrogen and oxygen atoms in total. The van der Waals surface area contributed by atoms with E-state index in [1.807, 2.05) is 18.8 Å². The van der Waals surface area contributed by atoms with E-state index in [2.05, 4.69) is 5.09 Å². The summed E-state index contributed by atoms with van der Waals surface area (Å²) in [5.41, 5.74) is -2.08. The summed E-state index contributed by atoms with van der Waals surface area (Å²) in [6, 6.07) is 7.73. The van der Waals surface area contributed by atoms with Crippen molar-refractivity contribution < 1.29 is 41.7 Å². The number of hydrogen-bond donors (Lipinski definition) is 2.